The summed E-state index contributed by atoms with van der Waals surface area (Å²) in [7, 11) is 0. The Balaban J connectivity index is 0. The lowest BCUT2D eigenvalue weighted by Crippen LogP contribution is -2.02. The summed E-state index contributed by atoms with van der Waals surface area (Å²) in [4.78, 5) is 0. The summed E-state index contributed by atoms with van der Waals surface area (Å²) in [6.07, 6.45) is 0. The van der Waals surface area contributed by atoms with Gasteiger partial charge in [-0.25, -0.2) is 0 Å². The third-order valence-electron chi connectivity index (χ3n) is 0.780. The lowest BCUT2D eigenvalue weighted by atomic mass is 10.7. The average Bonchev–Trinajstić information content (AvgIpc) is 1.81. The first kappa shape index (κ1) is 11.6. The monoisotopic (exact) mass is 136 g/mol. The molecule has 2 N–H and O–H groups in total. The number of hydrogen-bond acceptors (Lipinski definition) is 2. The minimum Gasteiger partial charge on any atom is -0.412 e. The highest BCUT2D eigenvalue weighted by atomic mass is 16.5. The fraction of sp³-hybridized carbons (Fsp3) is 1.00. The summed E-state index contributed by atoms with van der Waals surface area (Å²) in [5.74, 6) is 0. The maximum Gasteiger partial charge on any atom is 0.0700 e. The van der Waals surface area contributed by atoms with Crippen LogP contribution in [0.3, 0.4) is 0 Å². The molecule has 0 aromatic heterocycles. The van der Waals surface area contributed by atoms with Crippen molar-refractivity contribution in [1.29, 1.82) is 0 Å². The molecule has 9 heavy (non-hydrogen) atoms. The maximum absolute atomic E-state index is 5.01. The van der Waals surface area contributed by atoms with E-state index >= 15 is 0 Å². The van der Waals surface area contributed by atoms with Gasteiger partial charge < -0.3 is 14.9 Å². The van der Waals surface area contributed by atoms with Crippen molar-refractivity contribution in [2.75, 3.05) is 26.4 Å². The van der Waals surface area contributed by atoms with E-state index in [1.165, 1.54) is 0 Å². The summed E-state index contributed by atoms with van der Waals surface area (Å²) in [5.41, 5.74) is 0. The molecule has 3 heteroatoms. The van der Waals surface area contributed by atoms with E-state index in [0.717, 1.165) is 26.4 Å². The van der Waals surface area contributed by atoms with Gasteiger partial charge in [0.1, 0.15) is 0 Å². The van der Waals surface area contributed by atoms with Gasteiger partial charge >= 0.3 is 0 Å². The zero-order valence-electron chi connectivity index (χ0n) is 6.14. The van der Waals surface area contributed by atoms with Crippen LogP contribution in [0.4, 0.5) is 0 Å². The van der Waals surface area contributed by atoms with Crippen LogP contribution in [0.5, 0.6) is 0 Å². The van der Waals surface area contributed by atoms with Gasteiger partial charge in [0.15, 0.2) is 0 Å². The second kappa shape index (κ2) is 10.8. The zero-order chi connectivity index (χ0) is 6.24. The smallest absolute Gasteiger partial charge is 0.0700 e. The summed E-state index contributed by atoms with van der Waals surface area (Å²) in [6.45, 7) is 6.98. The molecule has 0 unspecified atom stereocenters. The maximum atomic E-state index is 5.01. The lowest BCUT2D eigenvalue weighted by molar-refractivity contribution is 0.0584. The quantitative estimate of drug-likeness (QED) is 0.508. The molecule has 58 valence electrons. The van der Waals surface area contributed by atoms with Crippen LogP contribution in [-0.2, 0) is 9.47 Å². The summed E-state index contributed by atoms with van der Waals surface area (Å²) >= 11 is 0. The fourth-order valence-corrected chi connectivity index (χ4v) is 0.407. The standard InChI is InChI=1S/C6H14O2.H2O/c1-3-7-5-6-8-4-2;/h3-6H2,1-2H3;1H2. The highest BCUT2D eigenvalue weighted by molar-refractivity contribution is 4.24. The van der Waals surface area contributed by atoms with Gasteiger partial charge in [-0.05, 0) is 13.8 Å². The summed E-state index contributed by atoms with van der Waals surface area (Å²) < 4.78 is 10.0. The van der Waals surface area contributed by atoms with Crippen molar-refractivity contribution in [2.45, 2.75) is 13.8 Å². The van der Waals surface area contributed by atoms with E-state index in [1.807, 2.05) is 13.8 Å². The highest BCUT2D eigenvalue weighted by Gasteiger charge is 1.81. The van der Waals surface area contributed by atoms with Crippen LogP contribution in [0.25, 0.3) is 0 Å². The molecule has 0 heterocycles. The van der Waals surface area contributed by atoms with Crippen molar-refractivity contribution in [3.05, 3.63) is 0 Å². The second-order valence-corrected chi connectivity index (χ2v) is 1.39. The molecule has 0 rings (SSSR count). The summed E-state index contributed by atoms with van der Waals surface area (Å²) in [5, 5.41) is 0. The van der Waals surface area contributed by atoms with Crippen molar-refractivity contribution >= 4 is 0 Å². The third kappa shape index (κ3) is 11.4. The molecule has 0 aromatic rings. The van der Waals surface area contributed by atoms with Gasteiger partial charge in [-0.3, -0.25) is 0 Å². The molecule has 0 spiro atoms. The van der Waals surface area contributed by atoms with Crippen LogP contribution in [0.1, 0.15) is 13.8 Å². The Morgan fingerprint density at radius 2 is 1.22 bits per heavy atom. The van der Waals surface area contributed by atoms with Crippen LogP contribution >= 0.6 is 0 Å². The van der Waals surface area contributed by atoms with Crippen LogP contribution < -0.4 is 0 Å². The summed E-state index contributed by atoms with van der Waals surface area (Å²) in [6, 6.07) is 0. The van der Waals surface area contributed by atoms with Crippen molar-refractivity contribution in [2.24, 2.45) is 0 Å². The van der Waals surface area contributed by atoms with E-state index in [2.05, 4.69) is 0 Å². The molecule has 3 nitrogen and oxygen atoms in total. The van der Waals surface area contributed by atoms with E-state index in [0.29, 0.717) is 0 Å². The average molecular weight is 136 g/mol. The van der Waals surface area contributed by atoms with E-state index in [9.17, 15) is 0 Å². The highest BCUT2D eigenvalue weighted by Crippen LogP contribution is 1.75. The Morgan fingerprint density at radius 3 is 1.44 bits per heavy atom. The number of hydrogen-bond donors (Lipinski definition) is 0. The predicted molar refractivity (Wildman–Crippen MR) is 36.6 cm³/mol. The predicted octanol–water partition coefficient (Wildman–Crippen LogP) is 0.235. The van der Waals surface area contributed by atoms with Crippen LogP contribution in [0.2, 0.25) is 0 Å². The van der Waals surface area contributed by atoms with Crippen LogP contribution in [0, 0.1) is 0 Å². The van der Waals surface area contributed by atoms with Crippen molar-refractivity contribution in [3.8, 4) is 0 Å². The Labute approximate surface area is 56.3 Å². The topological polar surface area (TPSA) is 50.0 Å². The molecule has 0 bridgehead atoms. The molecule has 0 saturated carbocycles. The Kier molecular flexibility index (Phi) is 14.0. The molecular weight excluding hydrogens is 120 g/mol. The minimum absolute atomic E-state index is 0. The number of ether oxygens (including phenoxy) is 2. The first-order valence-corrected chi connectivity index (χ1v) is 3.07. The Morgan fingerprint density at radius 1 is 0.889 bits per heavy atom. The lowest BCUT2D eigenvalue weighted by Gasteiger charge is -1.99. The Bertz CT molecular complexity index is 33.3. The van der Waals surface area contributed by atoms with E-state index in [-0.39, 0.29) is 5.48 Å². The minimum atomic E-state index is 0. The number of rotatable bonds is 5. The molecule has 0 radical (unpaired) electrons. The SMILES string of the molecule is CCOCCOCC.O. The van der Waals surface area contributed by atoms with Gasteiger partial charge in [-0.15, -0.1) is 0 Å². The fourth-order valence-electron chi connectivity index (χ4n) is 0.407. The Hall–Kier alpha value is -0.120. The van der Waals surface area contributed by atoms with E-state index in [4.69, 9.17) is 9.47 Å². The van der Waals surface area contributed by atoms with Crippen molar-refractivity contribution in [3.63, 3.8) is 0 Å². The second-order valence-electron chi connectivity index (χ2n) is 1.39. The van der Waals surface area contributed by atoms with E-state index < -0.39 is 0 Å². The molecule has 0 atom stereocenters. The molecule has 0 saturated heterocycles. The van der Waals surface area contributed by atoms with Crippen molar-refractivity contribution < 1.29 is 14.9 Å². The largest absolute Gasteiger partial charge is 0.412 e. The molecule has 0 aliphatic carbocycles. The van der Waals surface area contributed by atoms with E-state index in [1.54, 1.807) is 0 Å². The molecule has 0 aliphatic rings. The van der Waals surface area contributed by atoms with Crippen molar-refractivity contribution in [1.82, 2.24) is 0 Å². The van der Waals surface area contributed by atoms with Gasteiger partial charge in [0.25, 0.3) is 0 Å². The van der Waals surface area contributed by atoms with Gasteiger partial charge in [0.2, 0.25) is 0 Å². The molecule has 0 amide bonds. The molecule has 0 aliphatic heterocycles. The first-order valence-electron chi connectivity index (χ1n) is 3.07. The first-order chi connectivity index (χ1) is 3.91. The van der Waals surface area contributed by atoms with Gasteiger partial charge in [-0.2, -0.15) is 0 Å². The molecular formula is C6H16O3. The zero-order valence-corrected chi connectivity index (χ0v) is 6.14. The van der Waals surface area contributed by atoms with Gasteiger partial charge in [-0.1, -0.05) is 0 Å². The third-order valence-corrected chi connectivity index (χ3v) is 0.780. The molecule has 0 aromatic carbocycles. The van der Waals surface area contributed by atoms with Crippen LogP contribution in [-0.4, -0.2) is 31.9 Å². The van der Waals surface area contributed by atoms with Gasteiger partial charge in [0.05, 0.1) is 13.2 Å². The molecule has 0 fully saturated rings. The van der Waals surface area contributed by atoms with Gasteiger partial charge in [0, 0.05) is 13.2 Å². The normalized spacial score (nSPS) is 8.67. The van der Waals surface area contributed by atoms with Crippen LogP contribution in [0.15, 0.2) is 0 Å².